The number of carbonyl (C=O) groups is 2. The molecule has 0 unspecified atom stereocenters. The van der Waals surface area contributed by atoms with E-state index in [4.69, 9.17) is 9.47 Å². The van der Waals surface area contributed by atoms with Crippen molar-refractivity contribution in [3.63, 3.8) is 0 Å². The van der Waals surface area contributed by atoms with Crippen LogP contribution in [0.15, 0.2) is 24.3 Å². The number of carbonyl (C=O) groups excluding carboxylic acids is 2. The van der Waals surface area contributed by atoms with Crippen LogP contribution >= 0.6 is 15.9 Å². The number of benzene rings is 1. The van der Waals surface area contributed by atoms with E-state index < -0.39 is 24.0 Å². The Morgan fingerprint density at radius 3 is 2.38 bits per heavy atom. The molecule has 1 radical (unpaired) electrons. The fraction of sp³-hybridized carbons (Fsp3) is 0.500. The zero-order valence-electron chi connectivity index (χ0n) is 14.2. The SMILES string of the molecule is CN1CC[N+](C)C1(OC(=O)C(F)(F)F)c1ccc(C(=O)OCCBr)cc1. The van der Waals surface area contributed by atoms with E-state index in [1.54, 1.807) is 14.1 Å². The minimum atomic E-state index is -5.11. The summed E-state index contributed by atoms with van der Waals surface area (Å²) in [5.41, 5.74) is 0.546. The van der Waals surface area contributed by atoms with Crippen molar-refractivity contribution < 1.29 is 32.2 Å². The van der Waals surface area contributed by atoms with Gasteiger partial charge in [-0.15, -0.1) is 4.90 Å². The van der Waals surface area contributed by atoms with Gasteiger partial charge < -0.3 is 9.47 Å². The van der Waals surface area contributed by atoms with E-state index in [-0.39, 0.29) is 12.2 Å². The van der Waals surface area contributed by atoms with Crippen molar-refractivity contribution >= 4 is 27.9 Å². The Kier molecular flexibility index (Phi) is 6.30. The van der Waals surface area contributed by atoms with E-state index in [0.29, 0.717) is 24.0 Å². The van der Waals surface area contributed by atoms with Crippen molar-refractivity contribution in [1.82, 2.24) is 9.80 Å². The van der Waals surface area contributed by atoms with Crippen LogP contribution in [0.2, 0.25) is 0 Å². The molecule has 1 fully saturated rings. The van der Waals surface area contributed by atoms with Crippen LogP contribution in [0.1, 0.15) is 15.9 Å². The van der Waals surface area contributed by atoms with Gasteiger partial charge in [0.2, 0.25) is 0 Å². The Balaban J connectivity index is 2.35. The van der Waals surface area contributed by atoms with Crippen molar-refractivity contribution in [3.05, 3.63) is 35.4 Å². The highest BCUT2D eigenvalue weighted by molar-refractivity contribution is 9.09. The summed E-state index contributed by atoms with van der Waals surface area (Å²) in [7, 11) is 3.12. The molecule has 26 heavy (non-hydrogen) atoms. The van der Waals surface area contributed by atoms with E-state index in [2.05, 4.69) is 15.9 Å². The normalized spacial score (nSPS) is 21.6. The molecule has 0 saturated carbocycles. The fourth-order valence-corrected chi connectivity index (χ4v) is 2.94. The molecule has 0 N–H and O–H groups in total. The molecule has 10 heteroatoms. The predicted octanol–water partition coefficient (Wildman–Crippen LogP) is 2.17. The van der Waals surface area contributed by atoms with Crippen LogP contribution in [0.5, 0.6) is 0 Å². The number of esters is 2. The first kappa shape index (κ1) is 20.7. The molecule has 1 aromatic carbocycles. The zero-order chi connectivity index (χ0) is 19.5. The number of alkyl halides is 4. The first-order valence-electron chi connectivity index (χ1n) is 7.69. The van der Waals surface area contributed by atoms with Crippen LogP contribution in [0.4, 0.5) is 13.2 Å². The Labute approximate surface area is 157 Å². The lowest BCUT2D eigenvalue weighted by Crippen LogP contribution is -2.55. The van der Waals surface area contributed by atoms with Crippen molar-refractivity contribution in [1.29, 1.82) is 0 Å². The largest absolute Gasteiger partial charge is 0.491 e. The standard InChI is InChI=1S/C16H18BrF3N2O4/c1-21-8-9-22(2)16(21,26-14(24)15(18,19)20)12-5-3-11(4-6-12)13(23)25-10-7-17/h3-6H,7-10H2,1-2H3/q+1. The van der Waals surface area contributed by atoms with Crippen molar-refractivity contribution in [2.24, 2.45) is 0 Å². The number of ether oxygens (including phenoxy) is 2. The van der Waals surface area contributed by atoms with Gasteiger partial charge in [0.25, 0.3) is 0 Å². The number of rotatable bonds is 5. The van der Waals surface area contributed by atoms with Gasteiger partial charge in [-0.1, -0.05) is 15.9 Å². The summed E-state index contributed by atoms with van der Waals surface area (Å²) in [5, 5.41) is 0.489. The molecule has 6 nitrogen and oxygen atoms in total. The van der Waals surface area contributed by atoms with E-state index in [1.165, 1.54) is 34.1 Å². The van der Waals surface area contributed by atoms with Gasteiger partial charge in [-0.2, -0.15) is 13.2 Å². The highest BCUT2D eigenvalue weighted by Crippen LogP contribution is 2.36. The second-order valence-electron chi connectivity index (χ2n) is 5.74. The third-order valence-corrected chi connectivity index (χ3v) is 4.40. The lowest BCUT2D eigenvalue weighted by atomic mass is 10.1. The average molecular weight is 439 g/mol. The quantitative estimate of drug-likeness (QED) is 0.400. The first-order chi connectivity index (χ1) is 12.1. The topological polar surface area (TPSA) is 61.7 Å². The summed E-state index contributed by atoms with van der Waals surface area (Å²) in [5.74, 6) is -4.53. The Morgan fingerprint density at radius 1 is 1.31 bits per heavy atom. The smallest absolute Gasteiger partial charge is 0.461 e. The van der Waals surface area contributed by atoms with Gasteiger partial charge in [0, 0.05) is 5.33 Å². The zero-order valence-corrected chi connectivity index (χ0v) is 15.8. The lowest BCUT2D eigenvalue weighted by molar-refractivity contribution is -0.239. The van der Waals surface area contributed by atoms with Gasteiger partial charge in [-0.3, -0.25) is 0 Å². The number of likely N-dealkylation sites (N-methyl/N-ethyl adjacent to an activating group) is 2. The average Bonchev–Trinajstić information content (AvgIpc) is 2.88. The second kappa shape index (κ2) is 7.93. The highest BCUT2D eigenvalue weighted by atomic mass is 79.9. The van der Waals surface area contributed by atoms with Crippen molar-refractivity contribution in [2.45, 2.75) is 12.0 Å². The van der Waals surface area contributed by atoms with E-state index >= 15 is 0 Å². The molecule has 0 atom stereocenters. The van der Waals surface area contributed by atoms with Gasteiger partial charge >= 0.3 is 24.0 Å². The fourth-order valence-electron chi connectivity index (χ4n) is 2.78. The minimum absolute atomic E-state index is 0.194. The Hall–Kier alpha value is -1.65. The van der Waals surface area contributed by atoms with E-state index in [0.717, 1.165) is 0 Å². The molecule has 143 valence electrons. The number of nitrogens with zero attached hydrogens (tertiary/aromatic N) is 2. The van der Waals surface area contributed by atoms with Crippen LogP contribution in [0, 0.1) is 0 Å². The molecule has 0 amide bonds. The van der Waals surface area contributed by atoms with Crippen molar-refractivity contribution in [2.75, 3.05) is 39.1 Å². The van der Waals surface area contributed by atoms with Crippen LogP contribution in [-0.2, 0) is 20.1 Å². The molecule has 0 aliphatic carbocycles. The molecule has 2 rings (SSSR count). The Bertz CT molecular complexity index is 656. The van der Waals surface area contributed by atoms with Gasteiger partial charge in [-0.25, -0.2) is 14.5 Å². The molecule has 0 aromatic heterocycles. The summed E-state index contributed by atoms with van der Waals surface area (Å²) in [4.78, 5) is 26.4. The predicted molar refractivity (Wildman–Crippen MR) is 89.9 cm³/mol. The van der Waals surface area contributed by atoms with Crippen LogP contribution in [-0.4, -0.2) is 62.1 Å². The molecule has 1 saturated heterocycles. The Morgan fingerprint density at radius 2 is 1.92 bits per heavy atom. The third-order valence-electron chi connectivity index (χ3n) is 4.08. The number of hydrogen-bond acceptors (Lipinski definition) is 6. The molecule has 0 bridgehead atoms. The second-order valence-corrected chi connectivity index (χ2v) is 6.53. The summed E-state index contributed by atoms with van der Waals surface area (Å²) >= 11 is 3.14. The number of hydrogen-bond donors (Lipinski definition) is 0. The first-order valence-corrected chi connectivity index (χ1v) is 8.81. The van der Waals surface area contributed by atoms with E-state index in [9.17, 15) is 22.8 Å². The van der Waals surface area contributed by atoms with E-state index in [1.807, 2.05) is 0 Å². The summed E-state index contributed by atoms with van der Waals surface area (Å²) in [6.45, 7) is 0.993. The monoisotopic (exact) mass is 438 g/mol. The molecular formula is C16H18BrF3N2O4+. The van der Waals surface area contributed by atoms with Crippen molar-refractivity contribution in [3.8, 4) is 0 Å². The number of halogens is 4. The maximum absolute atomic E-state index is 12.8. The summed E-state index contributed by atoms with van der Waals surface area (Å²) < 4.78 is 48.1. The van der Waals surface area contributed by atoms with Crippen LogP contribution < -0.4 is 4.90 Å². The highest BCUT2D eigenvalue weighted by Gasteiger charge is 2.60. The van der Waals surface area contributed by atoms with Gasteiger partial charge in [0.05, 0.1) is 17.7 Å². The molecule has 1 aliphatic rings. The third kappa shape index (κ3) is 4.02. The van der Waals surface area contributed by atoms with Gasteiger partial charge in [-0.05, 0) is 31.3 Å². The molecule has 1 aromatic rings. The molecule has 1 aliphatic heterocycles. The van der Waals surface area contributed by atoms with Gasteiger partial charge in [0.15, 0.2) is 0 Å². The van der Waals surface area contributed by atoms with Crippen LogP contribution in [0.3, 0.4) is 0 Å². The maximum atomic E-state index is 12.8. The van der Waals surface area contributed by atoms with Gasteiger partial charge in [0.1, 0.15) is 20.2 Å². The van der Waals surface area contributed by atoms with Crippen LogP contribution in [0.25, 0.3) is 0 Å². The molecular weight excluding hydrogens is 421 g/mol. The summed E-state index contributed by atoms with van der Waals surface area (Å²) in [6.07, 6.45) is -5.11. The molecule has 0 spiro atoms. The summed E-state index contributed by atoms with van der Waals surface area (Å²) in [6, 6.07) is 5.75. The lowest BCUT2D eigenvalue weighted by Gasteiger charge is -2.32. The maximum Gasteiger partial charge on any atom is 0.491 e. The molecule has 1 heterocycles. The minimum Gasteiger partial charge on any atom is -0.461 e.